The van der Waals surface area contributed by atoms with E-state index in [2.05, 4.69) is 10.0 Å². The Balaban J connectivity index is 1.74. The van der Waals surface area contributed by atoms with Gasteiger partial charge in [0, 0.05) is 4.91 Å². The van der Waals surface area contributed by atoms with Crippen LogP contribution in [0.3, 0.4) is 0 Å². The number of aliphatic hydroxyl groups excluding tert-OH is 1. The van der Waals surface area contributed by atoms with Crippen molar-refractivity contribution in [1.82, 2.24) is 0 Å². The number of ether oxygens (including phenoxy) is 5. The van der Waals surface area contributed by atoms with E-state index in [9.17, 15) is 5.11 Å². The van der Waals surface area contributed by atoms with Gasteiger partial charge in [-0.15, -0.1) is 0 Å². The molecule has 9 nitrogen and oxygen atoms in total. The summed E-state index contributed by atoms with van der Waals surface area (Å²) in [4.78, 5) is 2.78. The van der Waals surface area contributed by atoms with E-state index in [1.807, 2.05) is 24.3 Å². The van der Waals surface area contributed by atoms with Crippen molar-refractivity contribution in [3.05, 3.63) is 40.3 Å². The van der Waals surface area contributed by atoms with Gasteiger partial charge in [0.25, 0.3) is 0 Å². The fourth-order valence-electron chi connectivity index (χ4n) is 3.19. The van der Waals surface area contributed by atoms with Crippen molar-refractivity contribution in [2.45, 2.75) is 56.9 Å². The number of hydrogen-bond donors (Lipinski definition) is 1. The summed E-state index contributed by atoms with van der Waals surface area (Å²) in [6, 6.07) is 6.70. The van der Waals surface area contributed by atoms with Gasteiger partial charge in [-0.25, -0.2) is 0 Å². The van der Waals surface area contributed by atoms with Gasteiger partial charge >= 0.3 is 0 Å². The number of hydrogen-bond acceptors (Lipinski definition) is 7. The van der Waals surface area contributed by atoms with Crippen LogP contribution in [0.4, 0.5) is 0 Å². The summed E-state index contributed by atoms with van der Waals surface area (Å²) < 4.78 is 28.7. The van der Waals surface area contributed by atoms with E-state index in [-0.39, 0.29) is 6.61 Å². The summed E-state index contributed by atoms with van der Waals surface area (Å²) in [6.45, 7) is 3.53. The second-order valence-corrected chi connectivity index (χ2v) is 6.65. The Morgan fingerprint density at radius 3 is 2.65 bits per heavy atom. The maximum atomic E-state index is 9.55. The van der Waals surface area contributed by atoms with Gasteiger partial charge in [0.15, 0.2) is 12.1 Å². The van der Waals surface area contributed by atoms with E-state index in [1.54, 1.807) is 21.0 Å². The molecule has 0 unspecified atom stereocenters. The van der Waals surface area contributed by atoms with E-state index in [4.69, 9.17) is 29.2 Å². The molecule has 26 heavy (non-hydrogen) atoms. The van der Waals surface area contributed by atoms with Crippen LogP contribution in [-0.4, -0.2) is 55.3 Å². The third kappa shape index (κ3) is 3.93. The van der Waals surface area contributed by atoms with E-state index in [0.717, 1.165) is 11.3 Å². The van der Waals surface area contributed by atoms with Gasteiger partial charge in [-0.3, -0.25) is 0 Å². The number of nitrogens with zero attached hydrogens (tertiary/aromatic N) is 3. The molecular formula is C17H23N3O6. The lowest BCUT2D eigenvalue weighted by molar-refractivity contribution is -0.222. The van der Waals surface area contributed by atoms with Gasteiger partial charge in [-0.05, 0) is 37.1 Å². The molecule has 0 aliphatic carbocycles. The van der Waals surface area contributed by atoms with Crippen molar-refractivity contribution in [3.63, 3.8) is 0 Å². The minimum Gasteiger partial charge on any atom is -0.497 e. The molecule has 9 heteroatoms. The summed E-state index contributed by atoms with van der Waals surface area (Å²) in [6.07, 6.45) is -2.33. The van der Waals surface area contributed by atoms with Crippen LogP contribution < -0.4 is 4.74 Å². The minimum atomic E-state index is -0.796. The summed E-state index contributed by atoms with van der Waals surface area (Å²) >= 11 is 0. The van der Waals surface area contributed by atoms with Gasteiger partial charge in [0.1, 0.15) is 24.1 Å². The van der Waals surface area contributed by atoms with Gasteiger partial charge < -0.3 is 28.8 Å². The molecule has 2 heterocycles. The van der Waals surface area contributed by atoms with Crippen LogP contribution in [-0.2, 0) is 25.6 Å². The van der Waals surface area contributed by atoms with Crippen LogP contribution in [0.2, 0.25) is 0 Å². The molecule has 2 aliphatic rings. The second kappa shape index (κ2) is 7.79. The summed E-state index contributed by atoms with van der Waals surface area (Å²) in [7, 11) is 1.61. The van der Waals surface area contributed by atoms with Crippen LogP contribution in [0, 0.1) is 0 Å². The Bertz CT molecular complexity index is 661. The standard InChI is InChI=1S/C17H23N3O6/c1-17(2)25-15-14(23-9-10-4-6-11(22-3)7-5-10)13(24-16(15)26-17)12(8-21)19-20-18/h4-7,12-16,21H,8-9H2,1-3H3/t12-,13-,14+,15-,16-/m1/s1. The molecule has 2 aliphatic heterocycles. The average molecular weight is 365 g/mol. The molecule has 0 bridgehead atoms. The molecule has 0 radical (unpaired) electrons. The SMILES string of the molecule is COc1ccc(CO[C@@H]2[C@H]3OC(C)(C)O[C@H]3O[C@@H]2[C@@H](CO)N=[N+]=[N-])cc1. The zero-order chi connectivity index (χ0) is 18.7. The molecule has 1 aromatic rings. The molecule has 2 fully saturated rings. The quantitative estimate of drug-likeness (QED) is 0.450. The largest absolute Gasteiger partial charge is 0.497 e. The van der Waals surface area contributed by atoms with Gasteiger partial charge in [0.2, 0.25) is 0 Å². The Kier molecular flexibility index (Phi) is 5.67. The lowest BCUT2D eigenvalue weighted by Gasteiger charge is -2.28. The normalized spacial score (nSPS) is 30.5. The predicted molar refractivity (Wildman–Crippen MR) is 90.3 cm³/mol. The Labute approximate surface area is 151 Å². The average Bonchev–Trinajstić information content (AvgIpc) is 3.10. The minimum absolute atomic E-state index is 0.302. The molecule has 1 aromatic carbocycles. The number of azide groups is 1. The zero-order valence-corrected chi connectivity index (χ0v) is 14.9. The first-order valence-electron chi connectivity index (χ1n) is 8.38. The van der Waals surface area contributed by atoms with E-state index < -0.39 is 36.4 Å². The van der Waals surface area contributed by atoms with Crippen molar-refractivity contribution < 1.29 is 28.8 Å². The first kappa shape index (κ1) is 18.9. The van der Waals surface area contributed by atoms with Crippen LogP contribution in [0.1, 0.15) is 19.4 Å². The van der Waals surface area contributed by atoms with Crippen molar-refractivity contribution >= 4 is 0 Å². The van der Waals surface area contributed by atoms with Crippen LogP contribution in [0.5, 0.6) is 5.75 Å². The van der Waals surface area contributed by atoms with Crippen LogP contribution in [0.25, 0.3) is 10.4 Å². The summed E-state index contributed by atoms with van der Waals surface area (Å²) in [5, 5.41) is 13.2. The maximum absolute atomic E-state index is 9.55. The Morgan fingerprint density at radius 1 is 1.31 bits per heavy atom. The van der Waals surface area contributed by atoms with E-state index in [1.165, 1.54) is 0 Å². The number of methoxy groups -OCH3 is 1. The van der Waals surface area contributed by atoms with Gasteiger partial charge in [-0.1, -0.05) is 17.2 Å². The van der Waals surface area contributed by atoms with Crippen molar-refractivity contribution in [2.24, 2.45) is 5.11 Å². The third-order valence-electron chi connectivity index (χ3n) is 4.39. The molecule has 0 spiro atoms. The van der Waals surface area contributed by atoms with E-state index >= 15 is 0 Å². The highest BCUT2D eigenvalue weighted by Gasteiger charge is 2.56. The first-order chi connectivity index (χ1) is 12.5. The van der Waals surface area contributed by atoms with Crippen molar-refractivity contribution in [3.8, 4) is 5.75 Å². The van der Waals surface area contributed by atoms with Crippen LogP contribution >= 0.6 is 0 Å². The highest BCUT2D eigenvalue weighted by Crippen LogP contribution is 2.40. The fraction of sp³-hybridized carbons (Fsp3) is 0.647. The van der Waals surface area contributed by atoms with Gasteiger partial charge in [0.05, 0.1) is 26.4 Å². The molecule has 0 aromatic heterocycles. The molecule has 3 rings (SSSR count). The second-order valence-electron chi connectivity index (χ2n) is 6.65. The van der Waals surface area contributed by atoms with E-state index in [0.29, 0.717) is 6.61 Å². The Morgan fingerprint density at radius 2 is 2.04 bits per heavy atom. The van der Waals surface area contributed by atoms with Crippen LogP contribution in [0.15, 0.2) is 29.4 Å². The zero-order valence-electron chi connectivity index (χ0n) is 14.9. The molecule has 1 N–H and O–H groups in total. The number of benzene rings is 1. The fourth-order valence-corrected chi connectivity index (χ4v) is 3.19. The topological polar surface area (TPSA) is 115 Å². The maximum Gasteiger partial charge on any atom is 0.190 e. The third-order valence-corrected chi connectivity index (χ3v) is 4.39. The molecular weight excluding hydrogens is 342 g/mol. The number of rotatable bonds is 7. The number of fused-ring (bicyclic) bond motifs is 1. The smallest absolute Gasteiger partial charge is 0.190 e. The molecule has 142 valence electrons. The van der Waals surface area contributed by atoms with Crippen molar-refractivity contribution in [1.29, 1.82) is 0 Å². The van der Waals surface area contributed by atoms with Crippen molar-refractivity contribution in [2.75, 3.05) is 13.7 Å². The lowest BCUT2D eigenvalue weighted by atomic mass is 10.0. The lowest BCUT2D eigenvalue weighted by Crippen LogP contribution is -2.43. The monoisotopic (exact) mass is 365 g/mol. The summed E-state index contributed by atoms with van der Waals surface area (Å²) in [5.74, 6) is -0.0382. The van der Waals surface area contributed by atoms with Gasteiger partial charge in [-0.2, -0.15) is 0 Å². The predicted octanol–water partition coefficient (Wildman–Crippen LogP) is 2.13. The molecule has 0 saturated carbocycles. The highest BCUT2D eigenvalue weighted by molar-refractivity contribution is 5.26. The molecule has 2 saturated heterocycles. The number of aliphatic hydroxyl groups is 1. The first-order valence-corrected chi connectivity index (χ1v) is 8.38. The Hall–Kier alpha value is -1.87. The highest BCUT2D eigenvalue weighted by atomic mass is 16.8. The summed E-state index contributed by atoms with van der Waals surface area (Å²) in [5.41, 5.74) is 9.67. The molecule has 5 atom stereocenters. The molecule has 0 amide bonds.